The lowest BCUT2D eigenvalue weighted by molar-refractivity contribution is -0.161. The molecule has 1 aromatic rings. The Morgan fingerprint density at radius 2 is 1.81 bits per heavy atom. The van der Waals surface area contributed by atoms with Crippen LogP contribution >= 0.6 is 0 Å². The van der Waals surface area contributed by atoms with E-state index in [0.717, 1.165) is 5.56 Å². The van der Waals surface area contributed by atoms with Gasteiger partial charge < -0.3 is 9.47 Å². The third-order valence-electron chi connectivity index (χ3n) is 5.24. The quantitative estimate of drug-likeness (QED) is 0.772. The van der Waals surface area contributed by atoms with Gasteiger partial charge in [0.25, 0.3) is 0 Å². The molecule has 0 bridgehead atoms. The summed E-state index contributed by atoms with van der Waals surface area (Å²) in [5, 5.41) is 0. The molecule has 2 fully saturated rings. The van der Waals surface area contributed by atoms with Crippen molar-refractivity contribution < 1.29 is 23.9 Å². The van der Waals surface area contributed by atoms with Crippen LogP contribution in [0.15, 0.2) is 30.3 Å². The normalized spacial score (nSPS) is 30.3. The molecule has 0 amide bonds. The standard InChI is InChI=1S/C21H26O5/c1-13(22)25-19-15(14-8-6-5-7-9-14)10-21(11-16(21)18(19)24)12-17(23)26-20(2,3)4/h5-9,15-16,19H,10-12H2,1-4H3/t15-,16?,19+,21?/m0/s1. The van der Waals surface area contributed by atoms with Crippen molar-refractivity contribution in [2.75, 3.05) is 0 Å². The van der Waals surface area contributed by atoms with Crippen molar-refractivity contribution in [3.05, 3.63) is 35.9 Å². The van der Waals surface area contributed by atoms with Crippen LogP contribution in [0.25, 0.3) is 0 Å². The SMILES string of the molecule is CC(=O)O[C@H]1C(=O)C2CC2(CC(=O)OC(C)(C)C)C[C@H]1c1ccccc1. The second kappa shape index (κ2) is 6.53. The molecule has 4 atom stereocenters. The van der Waals surface area contributed by atoms with E-state index in [2.05, 4.69) is 0 Å². The fraction of sp³-hybridized carbons (Fsp3) is 0.571. The van der Waals surface area contributed by atoms with E-state index in [1.807, 2.05) is 51.1 Å². The van der Waals surface area contributed by atoms with Crippen molar-refractivity contribution in [3.63, 3.8) is 0 Å². The second-order valence-corrected chi connectivity index (χ2v) is 8.54. The zero-order valence-corrected chi connectivity index (χ0v) is 15.8. The van der Waals surface area contributed by atoms with E-state index in [-0.39, 0.29) is 35.4 Å². The molecular weight excluding hydrogens is 332 g/mol. The molecule has 5 nitrogen and oxygen atoms in total. The van der Waals surface area contributed by atoms with Crippen LogP contribution in [0.2, 0.25) is 0 Å². The van der Waals surface area contributed by atoms with Crippen LogP contribution in [0.5, 0.6) is 0 Å². The van der Waals surface area contributed by atoms with E-state index >= 15 is 0 Å². The predicted molar refractivity (Wildman–Crippen MR) is 95.4 cm³/mol. The molecule has 0 aromatic heterocycles. The first-order valence-corrected chi connectivity index (χ1v) is 9.09. The summed E-state index contributed by atoms with van der Waals surface area (Å²) in [7, 11) is 0. The molecule has 140 valence electrons. The number of ketones is 1. The third kappa shape index (κ3) is 3.81. The van der Waals surface area contributed by atoms with Crippen LogP contribution in [0.1, 0.15) is 58.4 Å². The van der Waals surface area contributed by atoms with Crippen molar-refractivity contribution in [2.45, 2.75) is 64.6 Å². The van der Waals surface area contributed by atoms with E-state index in [4.69, 9.17) is 9.47 Å². The molecular formula is C21H26O5. The van der Waals surface area contributed by atoms with Gasteiger partial charge >= 0.3 is 11.9 Å². The van der Waals surface area contributed by atoms with Crippen LogP contribution < -0.4 is 0 Å². The maximum Gasteiger partial charge on any atom is 0.306 e. The van der Waals surface area contributed by atoms with E-state index in [0.29, 0.717) is 12.8 Å². The molecule has 3 rings (SSSR count). The van der Waals surface area contributed by atoms with Gasteiger partial charge in [0.2, 0.25) is 0 Å². The first-order valence-electron chi connectivity index (χ1n) is 9.09. The molecule has 2 aliphatic rings. The first kappa shape index (κ1) is 18.6. The Labute approximate surface area is 154 Å². The minimum atomic E-state index is -0.769. The molecule has 26 heavy (non-hydrogen) atoms. The van der Waals surface area contributed by atoms with Crippen LogP contribution in [0, 0.1) is 11.3 Å². The highest BCUT2D eigenvalue weighted by atomic mass is 16.6. The lowest BCUT2D eigenvalue weighted by Crippen LogP contribution is -2.41. The molecule has 0 aliphatic heterocycles. The van der Waals surface area contributed by atoms with Crippen LogP contribution in [0.4, 0.5) is 0 Å². The van der Waals surface area contributed by atoms with Crippen LogP contribution in [-0.4, -0.2) is 29.4 Å². The zero-order chi connectivity index (χ0) is 19.1. The third-order valence-corrected chi connectivity index (χ3v) is 5.24. The smallest absolute Gasteiger partial charge is 0.306 e. The summed E-state index contributed by atoms with van der Waals surface area (Å²) in [6.45, 7) is 6.83. The fourth-order valence-electron chi connectivity index (χ4n) is 4.16. The molecule has 1 aromatic carbocycles. The van der Waals surface area contributed by atoms with E-state index in [1.165, 1.54) is 6.92 Å². The Bertz CT molecular complexity index is 718. The number of esters is 2. The molecule has 2 aliphatic carbocycles. The van der Waals surface area contributed by atoms with E-state index in [1.54, 1.807) is 0 Å². The highest BCUT2D eigenvalue weighted by Gasteiger charge is 2.66. The second-order valence-electron chi connectivity index (χ2n) is 8.54. The lowest BCUT2D eigenvalue weighted by Gasteiger charge is -2.34. The first-order chi connectivity index (χ1) is 12.1. The summed E-state index contributed by atoms with van der Waals surface area (Å²) in [6, 6.07) is 9.61. The molecule has 0 N–H and O–H groups in total. The molecule has 0 radical (unpaired) electrons. The topological polar surface area (TPSA) is 69.7 Å². The highest BCUT2D eigenvalue weighted by molar-refractivity contribution is 5.93. The fourth-order valence-corrected chi connectivity index (χ4v) is 4.16. The van der Waals surface area contributed by atoms with Gasteiger partial charge in [0, 0.05) is 18.8 Å². The summed E-state index contributed by atoms with van der Waals surface area (Å²) < 4.78 is 10.9. The molecule has 0 heterocycles. The summed E-state index contributed by atoms with van der Waals surface area (Å²) in [5.74, 6) is -1.24. The van der Waals surface area contributed by atoms with Crippen molar-refractivity contribution >= 4 is 17.7 Å². The van der Waals surface area contributed by atoms with E-state index in [9.17, 15) is 14.4 Å². The number of ether oxygens (including phenoxy) is 2. The van der Waals surface area contributed by atoms with Crippen molar-refractivity contribution in [1.82, 2.24) is 0 Å². The summed E-state index contributed by atoms with van der Waals surface area (Å²) >= 11 is 0. The summed E-state index contributed by atoms with van der Waals surface area (Å²) in [4.78, 5) is 36.8. The molecule has 0 saturated heterocycles. The number of carbonyl (C=O) groups is 3. The molecule has 5 heteroatoms. The van der Waals surface area contributed by atoms with Crippen LogP contribution in [-0.2, 0) is 23.9 Å². The van der Waals surface area contributed by atoms with Crippen LogP contribution in [0.3, 0.4) is 0 Å². The Balaban J connectivity index is 1.83. The van der Waals surface area contributed by atoms with Gasteiger partial charge in [0.05, 0.1) is 6.42 Å². The van der Waals surface area contributed by atoms with Gasteiger partial charge in [-0.2, -0.15) is 0 Å². The van der Waals surface area contributed by atoms with Gasteiger partial charge in [-0.05, 0) is 44.6 Å². The molecule has 2 unspecified atom stereocenters. The number of fused-ring (bicyclic) bond motifs is 1. The Morgan fingerprint density at radius 3 is 2.38 bits per heavy atom. The number of hydrogen-bond donors (Lipinski definition) is 0. The Hall–Kier alpha value is -2.17. The van der Waals surface area contributed by atoms with Crippen molar-refractivity contribution in [3.8, 4) is 0 Å². The van der Waals surface area contributed by atoms with Gasteiger partial charge in [-0.3, -0.25) is 14.4 Å². The number of carbonyl (C=O) groups excluding carboxylic acids is 3. The largest absolute Gasteiger partial charge is 0.460 e. The number of hydrogen-bond acceptors (Lipinski definition) is 5. The number of benzene rings is 1. The lowest BCUT2D eigenvalue weighted by atomic mass is 9.73. The monoisotopic (exact) mass is 358 g/mol. The number of rotatable bonds is 4. The molecule has 2 saturated carbocycles. The van der Waals surface area contributed by atoms with Gasteiger partial charge in [-0.25, -0.2) is 0 Å². The highest BCUT2D eigenvalue weighted by Crippen LogP contribution is 2.65. The minimum Gasteiger partial charge on any atom is -0.460 e. The minimum absolute atomic E-state index is 0.0659. The summed E-state index contributed by atoms with van der Waals surface area (Å²) in [6.07, 6.45) is 0.766. The Kier molecular flexibility index (Phi) is 4.67. The van der Waals surface area contributed by atoms with Gasteiger partial charge in [0.15, 0.2) is 11.9 Å². The summed E-state index contributed by atoms with van der Waals surface area (Å²) in [5.41, 5.74) is 0.0490. The average Bonchev–Trinajstić information content (AvgIpc) is 3.23. The maximum atomic E-state index is 12.9. The molecule has 0 spiro atoms. The number of Topliss-reactive ketones (excluding diaryl/α,β-unsaturated/α-hetero) is 1. The zero-order valence-electron chi connectivity index (χ0n) is 15.8. The maximum absolute atomic E-state index is 12.9. The van der Waals surface area contributed by atoms with Crippen molar-refractivity contribution in [2.24, 2.45) is 11.3 Å². The average molecular weight is 358 g/mol. The van der Waals surface area contributed by atoms with Gasteiger partial charge in [-0.15, -0.1) is 0 Å². The van der Waals surface area contributed by atoms with Crippen molar-refractivity contribution in [1.29, 1.82) is 0 Å². The van der Waals surface area contributed by atoms with Gasteiger partial charge in [0.1, 0.15) is 5.60 Å². The van der Waals surface area contributed by atoms with Gasteiger partial charge in [-0.1, -0.05) is 30.3 Å². The Morgan fingerprint density at radius 1 is 1.15 bits per heavy atom. The van der Waals surface area contributed by atoms with E-state index < -0.39 is 17.7 Å². The predicted octanol–water partition coefficient (Wildman–Crippen LogP) is 3.41.